The number of anilines is 2. The van der Waals surface area contributed by atoms with Crippen LogP contribution in [0.3, 0.4) is 0 Å². The first-order valence-corrected chi connectivity index (χ1v) is 7.57. The second kappa shape index (κ2) is 6.20. The maximum absolute atomic E-state index is 12.4. The molecule has 1 heterocycles. The molecule has 0 fully saturated rings. The van der Waals surface area contributed by atoms with Crippen LogP contribution in [0.2, 0.25) is 0 Å². The molecule has 2 aromatic carbocycles. The van der Waals surface area contributed by atoms with E-state index in [1.165, 1.54) is 13.0 Å². The van der Waals surface area contributed by atoms with E-state index >= 15 is 0 Å². The Bertz CT molecular complexity index is 974. The number of hydrogen-bond acceptors (Lipinski definition) is 4. The zero-order valence-corrected chi connectivity index (χ0v) is 13.8. The first-order chi connectivity index (χ1) is 11.4. The molecule has 1 N–H and O–H groups in total. The first-order valence-electron chi connectivity index (χ1n) is 7.57. The van der Waals surface area contributed by atoms with Gasteiger partial charge in [-0.3, -0.25) is 9.59 Å². The van der Waals surface area contributed by atoms with Crippen molar-refractivity contribution in [2.45, 2.75) is 6.92 Å². The molecule has 0 unspecified atom stereocenters. The van der Waals surface area contributed by atoms with Crippen LogP contribution in [0.5, 0.6) is 0 Å². The average Bonchev–Trinajstić information content (AvgIpc) is 2.55. The van der Waals surface area contributed by atoms with Crippen LogP contribution >= 0.6 is 0 Å². The predicted molar refractivity (Wildman–Crippen MR) is 96.6 cm³/mol. The van der Waals surface area contributed by atoms with Crippen LogP contribution in [-0.2, 0) is 4.79 Å². The molecule has 1 aromatic heterocycles. The van der Waals surface area contributed by atoms with Crippen molar-refractivity contribution in [1.82, 2.24) is 0 Å². The van der Waals surface area contributed by atoms with Crippen LogP contribution in [0.25, 0.3) is 22.3 Å². The average molecular weight is 322 g/mol. The number of nitrogens with one attached hydrogen (secondary N) is 1. The molecule has 0 aliphatic carbocycles. The molecule has 3 rings (SSSR count). The van der Waals surface area contributed by atoms with Crippen LogP contribution in [0, 0.1) is 0 Å². The fraction of sp³-hybridized carbons (Fsp3) is 0.158. The van der Waals surface area contributed by atoms with E-state index < -0.39 is 0 Å². The van der Waals surface area contributed by atoms with E-state index in [0.717, 1.165) is 11.3 Å². The molecule has 5 nitrogen and oxygen atoms in total. The molecule has 24 heavy (non-hydrogen) atoms. The summed E-state index contributed by atoms with van der Waals surface area (Å²) in [6.07, 6.45) is 0. The molecule has 3 aromatic rings. The SMILES string of the molecule is CC(=O)Nc1ccc2oc(-c3cccc(N(C)C)c3)cc(=O)c2c1. The van der Waals surface area contributed by atoms with Crippen LogP contribution in [0.15, 0.2) is 57.7 Å². The van der Waals surface area contributed by atoms with Gasteiger partial charge in [0.25, 0.3) is 0 Å². The largest absolute Gasteiger partial charge is 0.456 e. The van der Waals surface area contributed by atoms with Gasteiger partial charge in [0, 0.05) is 44.0 Å². The first kappa shape index (κ1) is 15.8. The maximum Gasteiger partial charge on any atom is 0.221 e. The highest BCUT2D eigenvalue weighted by Gasteiger charge is 2.09. The zero-order chi connectivity index (χ0) is 17.3. The lowest BCUT2D eigenvalue weighted by molar-refractivity contribution is -0.114. The van der Waals surface area contributed by atoms with E-state index in [4.69, 9.17) is 4.42 Å². The van der Waals surface area contributed by atoms with Gasteiger partial charge >= 0.3 is 0 Å². The fourth-order valence-electron chi connectivity index (χ4n) is 2.52. The van der Waals surface area contributed by atoms with Crippen LogP contribution in [-0.4, -0.2) is 20.0 Å². The third-order valence-corrected chi connectivity index (χ3v) is 3.69. The normalized spacial score (nSPS) is 10.6. The van der Waals surface area contributed by atoms with Gasteiger partial charge in [0.05, 0.1) is 5.39 Å². The van der Waals surface area contributed by atoms with Crippen LogP contribution in [0.1, 0.15) is 6.92 Å². The molecule has 0 aliphatic rings. The van der Waals surface area contributed by atoms with Crippen molar-refractivity contribution in [3.05, 3.63) is 58.8 Å². The lowest BCUT2D eigenvalue weighted by atomic mass is 10.1. The highest BCUT2D eigenvalue weighted by atomic mass is 16.3. The van der Waals surface area contributed by atoms with Gasteiger partial charge in [-0.2, -0.15) is 0 Å². The van der Waals surface area contributed by atoms with Gasteiger partial charge in [0.15, 0.2) is 5.43 Å². The molecule has 0 atom stereocenters. The minimum Gasteiger partial charge on any atom is -0.456 e. The molecule has 0 radical (unpaired) electrons. The molecule has 0 saturated carbocycles. The van der Waals surface area contributed by atoms with Gasteiger partial charge in [0.2, 0.25) is 5.91 Å². The molecule has 122 valence electrons. The number of rotatable bonds is 3. The molecule has 5 heteroatoms. The second-order valence-electron chi connectivity index (χ2n) is 5.81. The number of carbonyl (C=O) groups excluding carboxylic acids is 1. The Morgan fingerprint density at radius 2 is 1.88 bits per heavy atom. The molecule has 0 bridgehead atoms. The van der Waals surface area contributed by atoms with Gasteiger partial charge in [-0.25, -0.2) is 0 Å². The summed E-state index contributed by atoms with van der Waals surface area (Å²) in [6, 6.07) is 14.3. The van der Waals surface area contributed by atoms with Crippen molar-refractivity contribution in [2.24, 2.45) is 0 Å². The van der Waals surface area contributed by atoms with E-state index in [9.17, 15) is 9.59 Å². The van der Waals surface area contributed by atoms with Crippen molar-refractivity contribution >= 4 is 28.3 Å². The monoisotopic (exact) mass is 322 g/mol. The Balaban J connectivity index is 2.10. The fourth-order valence-corrected chi connectivity index (χ4v) is 2.52. The van der Waals surface area contributed by atoms with E-state index in [2.05, 4.69) is 5.32 Å². The molecule has 0 saturated heterocycles. The molecule has 1 amide bonds. The van der Waals surface area contributed by atoms with Gasteiger partial charge in [-0.05, 0) is 30.3 Å². The number of hydrogen-bond donors (Lipinski definition) is 1. The number of benzene rings is 2. The van der Waals surface area contributed by atoms with Crippen molar-refractivity contribution < 1.29 is 9.21 Å². The van der Waals surface area contributed by atoms with Crippen molar-refractivity contribution in [3.8, 4) is 11.3 Å². The van der Waals surface area contributed by atoms with Crippen molar-refractivity contribution in [3.63, 3.8) is 0 Å². The summed E-state index contributed by atoms with van der Waals surface area (Å²) >= 11 is 0. The van der Waals surface area contributed by atoms with Gasteiger partial charge in [0.1, 0.15) is 11.3 Å². The summed E-state index contributed by atoms with van der Waals surface area (Å²) in [5, 5.41) is 3.10. The Morgan fingerprint density at radius 3 is 2.58 bits per heavy atom. The van der Waals surface area contributed by atoms with Crippen molar-refractivity contribution in [2.75, 3.05) is 24.3 Å². The third-order valence-electron chi connectivity index (χ3n) is 3.69. The van der Waals surface area contributed by atoms with Gasteiger partial charge < -0.3 is 14.6 Å². The smallest absolute Gasteiger partial charge is 0.221 e. The lowest BCUT2D eigenvalue weighted by Crippen LogP contribution is -2.08. The summed E-state index contributed by atoms with van der Waals surface area (Å²) in [4.78, 5) is 25.6. The predicted octanol–water partition coefficient (Wildman–Crippen LogP) is 3.48. The molecular weight excluding hydrogens is 304 g/mol. The molecular formula is C19H18N2O3. The Labute approximate surface area is 139 Å². The van der Waals surface area contributed by atoms with E-state index in [-0.39, 0.29) is 11.3 Å². The molecule has 0 aliphatic heterocycles. The van der Waals surface area contributed by atoms with Crippen molar-refractivity contribution in [1.29, 1.82) is 0 Å². The minimum atomic E-state index is -0.184. The Hall–Kier alpha value is -3.08. The maximum atomic E-state index is 12.4. The van der Waals surface area contributed by atoms with Gasteiger partial charge in [-0.1, -0.05) is 12.1 Å². The Kier molecular flexibility index (Phi) is 4.08. The highest BCUT2D eigenvalue weighted by Crippen LogP contribution is 2.26. The number of nitrogens with zero attached hydrogens (tertiary/aromatic N) is 1. The highest BCUT2D eigenvalue weighted by molar-refractivity contribution is 5.92. The summed E-state index contributed by atoms with van der Waals surface area (Å²) in [6.45, 7) is 1.42. The zero-order valence-electron chi connectivity index (χ0n) is 13.8. The van der Waals surface area contributed by atoms with E-state index in [0.29, 0.717) is 22.4 Å². The summed E-state index contributed by atoms with van der Waals surface area (Å²) in [7, 11) is 3.92. The third kappa shape index (κ3) is 3.15. The summed E-state index contributed by atoms with van der Waals surface area (Å²) < 4.78 is 5.89. The number of carbonyl (C=O) groups is 1. The minimum absolute atomic E-state index is 0.145. The number of amides is 1. The molecule has 0 spiro atoms. The topological polar surface area (TPSA) is 62.6 Å². The summed E-state index contributed by atoms with van der Waals surface area (Å²) in [5.41, 5.74) is 2.78. The quantitative estimate of drug-likeness (QED) is 0.802. The van der Waals surface area contributed by atoms with E-state index in [1.54, 1.807) is 18.2 Å². The number of fused-ring (bicyclic) bond motifs is 1. The lowest BCUT2D eigenvalue weighted by Gasteiger charge is -2.13. The van der Waals surface area contributed by atoms with Crippen LogP contribution in [0.4, 0.5) is 11.4 Å². The van der Waals surface area contributed by atoms with E-state index in [1.807, 2.05) is 43.3 Å². The summed E-state index contributed by atoms with van der Waals surface area (Å²) in [5.74, 6) is 0.333. The standard InChI is InChI=1S/C19H18N2O3/c1-12(22)20-14-7-8-18-16(10-14)17(23)11-19(24-18)13-5-4-6-15(9-13)21(2)3/h4-11H,1-3H3,(H,20,22). The second-order valence-corrected chi connectivity index (χ2v) is 5.81. The Morgan fingerprint density at radius 1 is 1.08 bits per heavy atom. The van der Waals surface area contributed by atoms with Crippen LogP contribution < -0.4 is 15.6 Å². The van der Waals surface area contributed by atoms with Gasteiger partial charge in [-0.15, -0.1) is 0 Å².